The Morgan fingerprint density at radius 1 is 1.22 bits per heavy atom. The van der Waals surface area contributed by atoms with Gasteiger partial charge in [0.25, 0.3) is 0 Å². The number of nitrogens with one attached hydrogen (secondary N) is 2. The summed E-state index contributed by atoms with van der Waals surface area (Å²) in [5, 5.41) is 0. The lowest BCUT2D eigenvalue weighted by molar-refractivity contribution is 0.594. The zero-order valence-electron chi connectivity index (χ0n) is 10.1. The van der Waals surface area contributed by atoms with Crippen LogP contribution in [0.2, 0.25) is 0 Å². The molecule has 18 heavy (non-hydrogen) atoms. The summed E-state index contributed by atoms with van der Waals surface area (Å²) in [6.45, 7) is 2.19. The first kappa shape index (κ1) is 11.2. The molecule has 4 N–H and O–H groups in total. The smallest absolute Gasteiger partial charge is 0.314 e. The normalized spacial score (nSPS) is 24.1. The van der Waals surface area contributed by atoms with Crippen molar-refractivity contribution in [3.8, 4) is 0 Å². The highest BCUT2D eigenvalue weighted by atomic mass is 16.2. The predicted molar refractivity (Wildman–Crippen MR) is 69.4 cm³/mol. The molecule has 5 nitrogen and oxygen atoms in total. The van der Waals surface area contributed by atoms with Crippen LogP contribution in [-0.4, -0.2) is 9.97 Å². The van der Waals surface area contributed by atoms with Gasteiger partial charge < -0.3 is 15.7 Å². The van der Waals surface area contributed by atoms with Gasteiger partial charge in [-0.1, -0.05) is 13.0 Å². The van der Waals surface area contributed by atoms with Crippen LogP contribution >= 0.6 is 0 Å². The fraction of sp³-hybridized carbons (Fsp3) is 0.385. The summed E-state index contributed by atoms with van der Waals surface area (Å²) in [6.07, 6.45) is 1.15. The number of hydrogen-bond donors (Lipinski definition) is 3. The van der Waals surface area contributed by atoms with Crippen molar-refractivity contribution in [3.05, 3.63) is 44.5 Å². The lowest BCUT2D eigenvalue weighted by Crippen LogP contribution is -2.29. The van der Waals surface area contributed by atoms with E-state index < -0.39 is 11.1 Å². The summed E-state index contributed by atoms with van der Waals surface area (Å²) in [4.78, 5) is 27.6. The fourth-order valence-corrected chi connectivity index (χ4v) is 2.44. The lowest BCUT2D eigenvalue weighted by atomic mass is 10.0. The van der Waals surface area contributed by atoms with E-state index >= 15 is 0 Å². The summed E-state index contributed by atoms with van der Waals surface area (Å²) in [7, 11) is 0. The third-order valence-electron chi connectivity index (χ3n) is 3.76. The quantitative estimate of drug-likeness (QED) is 0.685. The van der Waals surface area contributed by atoms with Crippen LogP contribution in [-0.2, 0) is 0 Å². The minimum Gasteiger partial charge on any atom is -0.324 e. The van der Waals surface area contributed by atoms with E-state index in [1.165, 1.54) is 0 Å². The Morgan fingerprint density at radius 2 is 1.83 bits per heavy atom. The molecular formula is C13H15N3O2. The summed E-state index contributed by atoms with van der Waals surface area (Å²) in [5.41, 5.74) is 7.17. The van der Waals surface area contributed by atoms with Gasteiger partial charge in [0.15, 0.2) is 0 Å². The zero-order valence-corrected chi connectivity index (χ0v) is 10.1. The summed E-state index contributed by atoms with van der Waals surface area (Å²) < 4.78 is 0. The van der Waals surface area contributed by atoms with E-state index in [4.69, 9.17) is 5.73 Å². The monoisotopic (exact) mass is 245 g/mol. The Morgan fingerprint density at radius 3 is 2.44 bits per heavy atom. The largest absolute Gasteiger partial charge is 0.324 e. The number of nitrogens with two attached hydrogens (primary N) is 1. The van der Waals surface area contributed by atoms with Crippen LogP contribution < -0.4 is 16.9 Å². The second kappa shape index (κ2) is 3.81. The van der Waals surface area contributed by atoms with E-state index in [1.54, 1.807) is 6.07 Å². The average Bonchev–Trinajstić information content (AvgIpc) is 3.06. The van der Waals surface area contributed by atoms with Gasteiger partial charge in [0.1, 0.15) is 0 Å². The minimum absolute atomic E-state index is 0.000157. The summed E-state index contributed by atoms with van der Waals surface area (Å²) in [5.74, 6) is 1.20. The van der Waals surface area contributed by atoms with Crippen LogP contribution in [0.1, 0.15) is 24.9 Å². The van der Waals surface area contributed by atoms with Gasteiger partial charge in [-0.3, -0.25) is 9.59 Å². The van der Waals surface area contributed by atoms with E-state index in [2.05, 4.69) is 16.9 Å². The SMILES string of the molecule is CC1CC1C(N)c1ccc2[nH]c(=O)c(=O)[nH]c2c1. The molecule has 3 atom stereocenters. The van der Waals surface area contributed by atoms with Crippen molar-refractivity contribution in [2.75, 3.05) is 0 Å². The molecule has 2 aromatic rings. The maximum atomic E-state index is 11.3. The van der Waals surface area contributed by atoms with E-state index in [9.17, 15) is 9.59 Å². The third-order valence-corrected chi connectivity index (χ3v) is 3.76. The molecule has 1 aliphatic carbocycles. The van der Waals surface area contributed by atoms with Gasteiger partial charge in [0, 0.05) is 6.04 Å². The Labute approximate surface area is 103 Å². The molecule has 94 valence electrons. The maximum Gasteiger partial charge on any atom is 0.314 e. The van der Waals surface area contributed by atoms with Gasteiger partial charge in [0.2, 0.25) is 0 Å². The molecule has 1 saturated carbocycles. The molecule has 1 fully saturated rings. The Balaban J connectivity index is 2.08. The molecule has 0 saturated heterocycles. The minimum atomic E-state index is -0.631. The number of H-pyrrole nitrogens is 2. The molecule has 0 aliphatic heterocycles. The highest BCUT2D eigenvalue weighted by Gasteiger charge is 2.38. The lowest BCUT2D eigenvalue weighted by Gasteiger charge is -2.11. The van der Waals surface area contributed by atoms with Gasteiger partial charge in [-0.2, -0.15) is 0 Å². The molecule has 5 heteroatoms. The first-order chi connectivity index (χ1) is 8.56. The molecule has 3 unspecified atom stereocenters. The third kappa shape index (κ3) is 1.76. The van der Waals surface area contributed by atoms with E-state index in [0.29, 0.717) is 22.9 Å². The summed E-state index contributed by atoms with van der Waals surface area (Å²) >= 11 is 0. The zero-order chi connectivity index (χ0) is 12.9. The van der Waals surface area contributed by atoms with Gasteiger partial charge >= 0.3 is 11.1 Å². The van der Waals surface area contributed by atoms with Crippen LogP contribution in [0.25, 0.3) is 11.0 Å². The van der Waals surface area contributed by atoms with Gasteiger partial charge in [-0.15, -0.1) is 0 Å². The standard InChI is InChI=1S/C13H15N3O2/c1-6-4-8(6)11(14)7-2-3-9-10(5-7)16-13(18)12(17)15-9/h2-3,5-6,8,11H,4,14H2,1H3,(H,15,17)(H,16,18). The first-order valence-corrected chi connectivity index (χ1v) is 6.08. The number of aromatic amines is 2. The molecule has 0 bridgehead atoms. The molecule has 1 aromatic heterocycles. The average molecular weight is 245 g/mol. The molecule has 0 amide bonds. The molecule has 1 aromatic carbocycles. The topological polar surface area (TPSA) is 91.7 Å². The van der Waals surface area contributed by atoms with Gasteiger partial charge in [-0.05, 0) is 36.0 Å². The van der Waals surface area contributed by atoms with E-state index in [1.807, 2.05) is 12.1 Å². The second-order valence-corrected chi connectivity index (χ2v) is 5.12. The van der Waals surface area contributed by atoms with Crippen LogP contribution in [0.5, 0.6) is 0 Å². The number of benzene rings is 1. The number of fused-ring (bicyclic) bond motifs is 1. The highest BCUT2D eigenvalue weighted by molar-refractivity contribution is 5.74. The van der Waals surface area contributed by atoms with Crippen LogP contribution in [0.3, 0.4) is 0 Å². The molecule has 0 spiro atoms. The van der Waals surface area contributed by atoms with Crippen LogP contribution in [0.4, 0.5) is 0 Å². The molecule has 1 heterocycles. The number of hydrogen-bond acceptors (Lipinski definition) is 3. The maximum absolute atomic E-state index is 11.3. The van der Waals surface area contributed by atoms with Crippen molar-refractivity contribution >= 4 is 11.0 Å². The van der Waals surface area contributed by atoms with Gasteiger partial charge in [-0.25, -0.2) is 0 Å². The molecular weight excluding hydrogens is 230 g/mol. The number of rotatable bonds is 2. The molecule has 3 rings (SSSR count). The Bertz CT molecular complexity index is 716. The van der Waals surface area contributed by atoms with Crippen molar-refractivity contribution in [3.63, 3.8) is 0 Å². The van der Waals surface area contributed by atoms with Crippen LogP contribution in [0, 0.1) is 11.8 Å². The van der Waals surface area contributed by atoms with E-state index in [-0.39, 0.29) is 6.04 Å². The van der Waals surface area contributed by atoms with Crippen molar-refractivity contribution in [1.29, 1.82) is 0 Å². The van der Waals surface area contributed by atoms with Gasteiger partial charge in [0.05, 0.1) is 11.0 Å². The van der Waals surface area contributed by atoms with Crippen molar-refractivity contribution < 1.29 is 0 Å². The number of aromatic nitrogens is 2. The summed E-state index contributed by atoms with van der Waals surface area (Å²) in [6, 6.07) is 5.55. The molecule has 1 aliphatic rings. The van der Waals surface area contributed by atoms with Crippen LogP contribution in [0.15, 0.2) is 27.8 Å². The Hall–Kier alpha value is -1.88. The van der Waals surface area contributed by atoms with Crippen molar-refractivity contribution in [2.45, 2.75) is 19.4 Å². The Kier molecular flexibility index (Phi) is 2.38. The van der Waals surface area contributed by atoms with Crippen molar-refractivity contribution in [2.24, 2.45) is 17.6 Å². The van der Waals surface area contributed by atoms with Crippen molar-refractivity contribution in [1.82, 2.24) is 9.97 Å². The second-order valence-electron chi connectivity index (χ2n) is 5.12. The van der Waals surface area contributed by atoms with E-state index in [0.717, 1.165) is 12.0 Å². The highest BCUT2D eigenvalue weighted by Crippen LogP contribution is 2.45. The predicted octanol–water partition coefficient (Wildman–Crippen LogP) is 0.872. The molecule has 0 radical (unpaired) electrons. The fourth-order valence-electron chi connectivity index (χ4n) is 2.44. The first-order valence-electron chi connectivity index (χ1n) is 6.08.